The smallest absolute Gasteiger partial charge is 0.339 e. The summed E-state index contributed by atoms with van der Waals surface area (Å²) in [6.07, 6.45) is 4.59. The van der Waals surface area contributed by atoms with Gasteiger partial charge in [0.15, 0.2) is 5.60 Å². The summed E-state index contributed by atoms with van der Waals surface area (Å²) in [7, 11) is 1.28. The molecular formula is C15H21NO3. The maximum absolute atomic E-state index is 11.4. The van der Waals surface area contributed by atoms with Crippen molar-refractivity contribution in [2.75, 3.05) is 19.0 Å². The van der Waals surface area contributed by atoms with Gasteiger partial charge in [-0.25, -0.2) is 4.79 Å². The molecular weight excluding hydrogens is 242 g/mol. The topological polar surface area (TPSA) is 58.6 Å². The molecule has 2 N–H and O–H groups in total. The van der Waals surface area contributed by atoms with Gasteiger partial charge in [0.05, 0.1) is 13.7 Å². The van der Waals surface area contributed by atoms with Crippen molar-refractivity contribution in [1.29, 1.82) is 0 Å². The molecule has 0 saturated carbocycles. The molecule has 0 amide bonds. The third-order valence-corrected chi connectivity index (χ3v) is 3.64. The number of nitrogens with one attached hydrogen (secondary N) is 1. The van der Waals surface area contributed by atoms with E-state index in [0.717, 1.165) is 18.5 Å². The number of esters is 1. The Morgan fingerprint density at radius 2 is 2.16 bits per heavy atom. The molecule has 4 heteroatoms. The van der Waals surface area contributed by atoms with Crippen LogP contribution in [0.4, 0.5) is 5.69 Å². The van der Waals surface area contributed by atoms with Crippen molar-refractivity contribution < 1.29 is 14.6 Å². The van der Waals surface area contributed by atoms with E-state index in [1.807, 2.05) is 12.1 Å². The van der Waals surface area contributed by atoms with Crippen LogP contribution in [0.5, 0.6) is 0 Å². The van der Waals surface area contributed by atoms with E-state index in [1.165, 1.54) is 38.0 Å². The third kappa shape index (κ3) is 3.07. The molecule has 0 fully saturated rings. The molecule has 1 aliphatic rings. The number of anilines is 1. The van der Waals surface area contributed by atoms with E-state index < -0.39 is 11.6 Å². The highest BCUT2D eigenvalue weighted by Gasteiger charge is 2.31. The Bertz CT molecular complexity index is 468. The maximum atomic E-state index is 11.4. The lowest BCUT2D eigenvalue weighted by Gasteiger charge is -2.24. The van der Waals surface area contributed by atoms with Crippen LogP contribution in [-0.2, 0) is 22.4 Å². The van der Waals surface area contributed by atoms with E-state index in [9.17, 15) is 9.90 Å². The Balaban J connectivity index is 2.10. The lowest BCUT2D eigenvalue weighted by atomic mass is 9.90. The van der Waals surface area contributed by atoms with Gasteiger partial charge >= 0.3 is 5.97 Å². The van der Waals surface area contributed by atoms with Gasteiger partial charge in [0, 0.05) is 5.69 Å². The molecule has 4 nitrogen and oxygen atoms in total. The number of aryl methyl sites for hydroxylation is 1. The second kappa shape index (κ2) is 5.61. The summed E-state index contributed by atoms with van der Waals surface area (Å²) in [5.41, 5.74) is 2.19. The Labute approximate surface area is 113 Å². The average Bonchev–Trinajstić information content (AvgIpc) is 2.44. The fraction of sp³-hybridized carbons (Fsp3) is 0.533. The van der Waals surface area contributed by atoms with Crippen LogP contribution in [-0.4, -0.2) is 30.3 Å². The minimum atomic E-state index is -1.51. The van der Waals surface area contributed by atoms with Gasteiger partial charge in [0.25, 0.3) is 0 Å². The van der Waals surface area contributed by atoms with Crippen LogP contribution in [0.2, 0.25) is 0 Å². The van der Waals surface area contributed by atoms with E-state index >= 15 is 0 Å². The first-order valence-electron chi connectivity index (χ1n) is 6.70. The van der Waals surface area contributed by atoms with Gasteiger partial charge in [-0.1, -0.05) is 12.1 Å². The highest BCUT2D eigenvalue weighted by atomic mass is 16.5. The van der Waals surface area contributed by atoms with E-state index in [0.29, 0.717) is 0 Å². The number of methoxy groups -OCH3 is 1. The number of fused-ring (bicyclic) bond motifs is 1. The minimum Gasteiger partial charge on any atom is -0.467 e. The average molecular weight is 263 g/mol. The van der Waals surface area contributed by atoms with Crippen LogP contribution in [0.1, 0.15) is 30.9 Å². The van der Waals surface area contributed by atoms with Crippen molar-refractivity contribution in [2.45, 2.75) is 38.2 Å². The Hall–Kier alpha value is -1.55. The molecule has 1 atom stereocenters. The Morgan fingerprint density at radius 1 is 1.42 bits per heavy atom. The SMILES string of the molecule is COC(=O)C(C)(O)CNc1cccc2c1CCCC2. The van der Waals surface area contributed by atoms with E-state index in [-0.39, 0.29) is 6.54 Å². The summed E-state index contributed by atoms with van der Waals surface area (Å²) in [6, 6.07) is 6.16. The molecule has 0 heterocycles. The van der Waals surface area contributed by atoms with Gasteiger partial charge in [-0.2, -0.15) is 0 Å². The molecule has 1 aliphatic carbocycles. The number of carbonyl (C=O) groups excluding carboxylic acids is 1. The zero-order chi connectivity index (χ0) is 13.9. The lowest BCUT2D eigenvalue weighted by Crippen LogP contribution is -2.43. The molecule has 1 aromatic carbocycles. The highest BCUT2D eigenvalue weighted by molar-refractivity contribution is 5.79. The van der Waals surface area contributed by atoms with Crippen molar-refractivity contribution in [2.24, 2.45) is 0 Å². The van der Waals surface area contributed by atoms with Gasteiger partial charge in [-0.3, -0.25) is 0 Å². The van der Waals surface area contributed by atoms with Gasteiger partial charge in [-0.05, 0) is 49.8 Å². The molecule has 0 spiro atoms. The molecule has 1 unspecified atom stereocenters. The number of carbonyl (C=O) groups is 1. The van der Waals surface area contributed by atoms with E-state index in [4.69, 9.17) is 0 Å². The molecule has 0 aliphatic heterocycles. The second-order valence-corrected chi connectivity index (χ2v) is 5.27. The standard InChI is InChI=1S/C15H21NO3/c1-15(18,14(17)19-2)10-16-13-9-5-7-11-6-3-4-8-12(11)13/h5,7,9,16,18H,3-4,6,8,10H2,1-2H3. The third-order valence-electron chi connectivity index (χ3n) is 3.64. The number of hydrogen-bond donors (Lipinski definition) is 2. The largest absolute Gasteiger partial charge is 0.467 e. The monoisotopic (exact) mass is 263 g/mol. The summed E-state index contributed by atoms with van der Waals surface area (Å²) >= 11 is 0. The molecule has 19 heavy (non-hydrogen) atoms. The quantitative estimate of drug-likeness (QED) is 0.815. The van der Waals surface area contributed by atoms with Crippen molar-refractivity contribution in [3.05, 3.63) is 29.3 Å². The minimum absolute atomic E-state index is 0.149. The van der Waals surface area contributed by atoms with Crippen LogP contribution in [0.15, 0.2) is 18.2 Å². The normalized spacial score (nSPS) is 17.2. The number of benzene rings is 1. The van der Waals surface area contributed by atoms with Crippen molar-refractivity contribution in [3.8, 4) is 0 Å². The molecule has 0 saturated heterocycles. The number of ether oxygens (including phenoxy) is 1. The first-order chi connectivity index (χ1) is 9.04. The number of hydrogen-bond acceptors (Lipinski definition) is 4. The number of rotatable bonds is 4. The Morgan fingerprint density at radius 3 is 2.89 bits per heavy atom. The molecule has 2 rings (SSSR count). The van der Waals surface area contributed by atoms with Gasteiger partial charge < -0.3 is 15.2 Å². The maximum Gasteiger partial charge on any atom is 0.339 e. The highest BCUT2D eigenvalue weighted by Crippen LogP contribution is 2.28. The first-order valence-corrected chi connectivity index (χ1v) is 6.70. The van der Waals surface area contributed by atoms with Crippen LogP contribution in [0, 0.1) is 0 Å². The van der Waals surface area contributed by atoms with Gasteiger partial charge in [-0.15, -0.1) is 0 Å². The summed E-state index contributed by atoms with van der Waals surface area (Å²) in [5.74, 6) is -0.621. The molecule has 104 valence electrons. The summed E-state index contributed by atoms with van der Waals surface area (Å²) in [5, 5.41) is 13.2. The lowest BCUT2D eigenvalue weighted by molar-refractivity contribution is -0.158. The van der Waals surface area contributed by atoms with E-state index in [2.05, 4.69) is 16.1 Å². The number of aliphatic hydroxyl groups is 1. The van der Waals surface area contributed by atoms with Crippen LogP contribution in [0.3, 0.4) is 0 Å². The Kier molecular flexibility index (Phi) is 4.10. The predicted octanol–water partition coefficient (Wildman–Crippen LogP) is 1.90. The molecule has 0 bridgehead atoms. The summed E-state index contributed by atoms with van der Waals surface area (Å²) in [4.78, 5) is 11.4. The van der Waals surface area contributed by atoms with Gasteiger partial charge in [0.1, 0.15) is 0 Å². The van der Waals surface area contributed by atoms with Crippen molar-refractivity contribution in [3.63, 3.8) is 0 Å². The molecule has 1 aromatic rings. The summed E-state index contributed by atoms with van der Waals surface area (Å²) < 4.78 is 4.59. The second-order valence-electron chi connectivity index (χ2n) is 5.27. The van der Waals surface area contributed by atoms with Crippen LogP contribution < -0.4 is 5.32 Å². The van der Waals surface area contributed by atoms with Crippen LogP contribution >= 0.6 is 0 Å². The van der Waals surface area contributed by atoms with Crippen LogP contribution in [0.25, 0.3) is 0 Å². The summed E-state index contributed by atoms with van der Waals surface area (Å²) in [6.45, 7) is 1.61. The predicted molar refractivity (Wildman–Crippen MR) is 74.2 cm³/mol. The zero-order valence-electron chi connectivity index (χ0n) is 11.5. The molecule has 0 radical (unpaired) electrons. The fourth-order valence-electron chi connectivity index (χ4n) is 2.51. The zero-order valence-corrected chi connectivity index (χ0v) is 11.5. The molecule has 0 aromatic heterocycles. The van der Waals surface area contributed by atoms with Crippen molar-refractivity contribution in [1.82, 2.24) is 0 Å². The first kappa shape index (κ1) is 13.9. The van der Waals surface area contributed by atoms with E-state index in [1.54, 1.807) is 0 Å². The fourth-order valence-corrected chi connectivity index (χ4v) is 2.51. The van der Waals surface area contributed by atoms with Gasteiger partial charge in [0.2, 0.25) is 0 Å². The van der Waals surface area contributed by atoms with Crippen molar-refractivity contribution >= 4 is 11.7 Å².